The Hall–Kier alpha value is -2.34. The van der Waals surface area contributed by atoms with Gasteiger partial charge in [0.2, 0.25) is 0 Å². The van der Waals surface area contributed by atoms with Gasteiger partial charge in [-0.15, -0.1) is 0 Å². The molecule has 2 aromatic rings. The highest BCUT2D eigenvalue weighted by Crippen LogP contribution is 2.34. The average Bonchev–Trinajstić information content (AvgIpc) is 2.96. The van der Waals surface area contributed by atoms with E-state index in [1.807, 2.05) is 18.3 Å². The van der Waals surface area contributed by atoms with Crippen LogP contribution in [0, 0.1) is 0 Å². The maximum Gasteiger partial charge on any atom is 0.305 e. The molecule has 1 saturated heterocycles. The van der Waals surface area contributed by atoms with Crippen molar-refractivity contribution in [2.45, 2.75) is 31.6 Å². The largest absolute Gasteiger partial charge is 0.469 e. The van der Waals surface area contributed by atoms with Gasteiger partial charge in [0.05, 0.1) is 19.0 Å². The Morgan fingerprint density at radius 3 is 2.64 bits per heavy atom. The monoisotopic (exact) mass is 343 g/mol. The lowest BCUT2D eigenvalue weighted by molar-refractivity contribution is -0.140. The summed E-state index contributed by atoms with van der Waals surface area (Å²) in [6, 6.07) is 5.59. The van der Waals surface area contributed by atoms with E-state index >= 15 is 0 Å². The molecule has 0 aliphatic carbocycles. The molecule has 0 spiro atoms. The number of likely N-dealkylation sites (tertiary alicyclic amines) is 1. The number of piperidine rings is 1. The first-order chi connectivity index (χ1) is 12.0. The Kier molecular flexibility index (Phi) is 5.08. The van der Waals surface area contributed by atoms with Crippen molar-refractivity contribution in [2.75, 3.05) is 33.1 Å². The van der Waals surface area contributed by atoms with Crippen LogP contribution in [0.4, 0.5) is 0 Å². The summed E-state index contributed by atoms with van der Waals surface area (Å²) in [5, 5.41) is 1.04. The van der Waals surface area contributed by atoms with Gasteiger partial charge in [-0.1, -0.05) is 0 Å². The number of carbonyl (C=O) groups is 2. The molecule has 0 atom stereocenters. The zero-order valence-electron chi connectivity index (χ0n) is 14.8. The number of hydrogen-bond donors (Lipinski definition) is 1. The second kappa shape index (κ2) is 7.27. The summed E-state index contributed by atoms with van der Waals surface area (Å²) in [7, 11) is 3.47. The van der Waals surface area contributed by atoms with Crippen LogP contribution in [0.25, 0.3) is 10.9 Å². The predicted molar refractivity (Wildman–Crippen MR) is 97.1 cm³/mol. The molecular weight excluding hydrogens is 318 g/mol. The van der Waals surface area contributed by atoms with Gasteiger partial charge in [0.1, 0.15) is 0 Å². The smallest absolute Gasteiger partial charge is 0.305 e. The Morgan fingerprint density at radius 2 is 1.96 bits per heavy atom. The summed E-state index contributed by atoms with van der Waals surface area (Å²) >= 11 is 0. The summed E-state index contributed by atoms with van der Waals surface area (Å²) < 4.78 is 6.25. The number of nitrogens with two attached hydrogens (primary N) is 1. The molecule has 6 nitrogen and oxygen atoms in total. The number of nitrogen functional groups attached to an aromatic ring is 1. The van der Waals surface area contributed by atoms with E-state index in [-0.39, 0.29) is 24.6 Å². The van der Waals surface area contributed by atoms with Crippen molar-refractivity contribution in [3.05, 3.63) is 35.5 Å². The molecule has 1 aliphatic rings. The number of rotatable bonds is 5. The van der Waals surface area contributed by atoms with Crippen LogP contribution in [0.5, 0.6) is 0 Å². The molecule has 0 saturated carbocycles. The fourth-order valence-electron chi connectivity index (χ4n) is 3.56. The van der Waals surface area contributed by atoms with E-state index in [1.54, 1.807) is 10.7 Å². The van der Waals surface area contributed by atoms with E-state index in [0.29, 0.717) is 11.5 Å². The van der Waals surface area contributed by atoms with E-state index in [0.717, 1.165) is 36.8 Å². The Balaban J connectivity index is 1.87. The van der Waals surface area contributed by atoms with E-state index in [9.17, 15) is 9.59 Å². The second-order valence-electron chi connectivity index (χ2n) is 6.80. The number of hydrogen-bond acceptors (Lipinski definition) is 5. The van der Waals surface area contributed by atoms with Crippen molar-refractivity contribution in [1.82, 2.24) is 9.58 Å². The molecular formula is C19H25N3O3. The van der Waals surface area contributed by atoms with Gasteiger partial charge in [0.25, 0.3) is 0 Å². The van der Waals surface area contributed by atoms with Gasteiger partial charge in [-0.05, 0) is 62.7 Å². The fourth-order valence-corrected chi connectivity index (χ4v) is 3.56. The number of methoxy groups -OCH3 is 1. The van der Waals surface area contributed by atoms with Crippen LogP contribution in [0.15, 0.2) is 24.4 Å². The summed E-state index contributed by atoms with van der Waals surface area (Å²) in [5.41, 5.74) is 2.77. The van der Waals surface area contributed by atoms with Crippen molar-refractivity contribution >= 4 is 22.7 Å². The Bertz CT molecular complexity index is 789. The van der Waals surface area contributed by atoms with Crippen LogP contribution in [-0.4, -0.2) is 48.6 Å². The first-order valence-electron chi connectivity index (χ1n) is 8.68. The van der Waals surface area contributed by atoms with Crippen molar-refractivity contribution in [3.8, 4) is 0 Å². The molecule has 0 unspecified atom stereocenters. The molecule has 1 aliphatic heterocycles. The highest BCUT2D eigenvalue weighted by Gasteiger charge is 2.22. The van der Waals surface area contributed by atoms with Gasteiger partial charge in [0.15, 0.2) is 5.78 Å². The van der Waals surface area contributed by atoms with Crippen molar-refractivity contribution in [2.24, 2.45) is 0 Å². The van der Waals surface area contributed by atoms with Crippen LogP contribution in [0.1, 0.15) is 47.5 Å². The summed E-state index contributed by atoms with van der Waals surface area (Å²) in [4.78, 5) is 26.0. The highest BCUT2D eigenvalue weighted by atomic mass is 16.5. The molecule has 0 bridgehead atoms. The zero-order valence-corrected chi connectivity index (χ0v) is 14.8. The minimum Gasteiger partial charge on any atom is -0.469 e. The molecule has 1 aromatic heterocycles. The minimum absolute atomic E-state index is 0.0496. The van der Waals surface area contributed by atoms with Gasteiger partial charge in [-0.2, -0.15) is 0 Å². The van der Waals surface area contributed by atoms with Gasteiger partial charge in [0, 0.05) is 23.6 Å². The SMILES string of the molecule is COC(=O)CCC(=O)c1ccc2c(c1)c(C1CCN(C)CC1)cn2N. The molecule has 25 heavy (non-hydrogen) atoms. The van der Waals surface area contributed by atoms with E-state index < -0.39 is 0 Å². The third-order valence-corrected chi connectivity index (χ3v) is 5.13. The number of carbonyl (C=O) groups excluding carboxylic acids is 2. The molecule has 0 radical (unpaired) electrons. The highest BCUT2D eigenvalue weighted by molar-refractivity contribution is 6.01. The number of Topliss-reactive ketones (excluding diaryl/α,β-unsaturated/α-hetero) is 1. The van der Waals surface area contributed by atoms with Crippen molar-refractivity contribution in [1.29, 1.82) is 0 Å². The third kappa shape index (κ3) is 3.69. The second-order valence-corrected chi connectivity index (χ2v) is 6.80. The van der Waals surface area contributed by atoms with Crippen LogP contribution < -0.4 is 5.84 Å². The Labute approximate surface area is 147 Å². The number of nitrogens with zero attached hydrogens (tertiary/aromatic N) is 2. The number of ether oxygens (including phenoxy) is 1. The van der Waals surface area contributed by atoms with Gasteiger partial charge in [-0.25, -0.2) is 0 Å². The topological polar surface area (TPSA) is 77.6 Å². The molecule has 1 aromatic carbocycles. The predicted octanol–water partition coefficient (Wildman–Crippen LogP) is 2.30. The summed E-state index contributed by atoms with van der Waals surface area (Å²) in [6.07, 6.45) is 4.44. The van der Waals surface area contributed by atoms with Crippen LogP contribution >= 0.6 is 0 Å². The lowest BCUT2D eigenvalue weighted by Gasteiger charge is -2.28. The van der Waals surface area contributed by atoms with Crippen molar-refractivity contribution < 1.29 is 14.3 Å². The molecule has 3 rings (SSSR count). The fraction of sp³-hybridized carbons (Fsp3) is 0.474. The Morgan fingerprint density at radius 1 is 1.24 bits per heavy atom. The molecule has 2 N–H and O–H groups in total. The average molecular weight is 343 g/mol. The van der Waals surface area contributed by atoms with E-state index in [1.165, 1.54) is 12.7 Å². The van der Waals surface area contributed by atoms with Gasteiger partial charge in [-0.3, -0.25) is 14.3 Å². The van der Waals surface area contributed by atoms with Gasteiger partial charge < -0.3 is 15.5 Å². The zero-order chi connectivity index (χ0) is 18.0. The maximum absolute atomic E-state index is 12.4. The molecule has 134 valence electrons. The number of benzene rings is 1. The molecule has 2 heterocycles. The maximum atomic E-state index is 12.4. The van der Waals surface area contributed by atoms with Crippen LogP contribution in [0.3, 0.4) is 0 Å². The van der Waals surface area contributed by atoms with Crippen LogP contribution in [-0.2, 0) is 9.53 Å². The molecule has 0 amide bonds. The molecule has 1 fully saturated rings. The number of ketones is 1. The number of aromatic nitrogens is 1. The van der Waals surface area contributed by atoms with Crippen molar-refractivity contribution in [3.63, 3.8) is 0 Å². The number of fused-ring (bicyclic) bond motifs is 1. The first-order valence-corrected chi connectivity index (χ1v) is 8.68. The summed E-state index contributed by atoms with van der Waals surface area (Å²) in [6.45, 7) is 2.14. The minimum atomic E-state index is -0.366. The summed E-state index contributed by atoms with van der Waals surface area (Å²) in [5.74, 6) is 6.16. The standard InChI is InChI=1S/C19H25N3O3/c1-21-9-7-13(8-10-21)16-12-22(20)17-4-3-14(11-15(16)17)18(23)5-6-19(24)25-2/h3-4,11-13H,5-10,20H2,1-2H3. The lowest BCUT2D eigenvalue weighted by Crippen LogP contribution is -2.29. The van der Waals surface area contributed by atoms with Crippen LogP contribution in [0.2, 0.25) is 0 Å². The number of esters is 1. The normalized spacial score (nSPS) is 16.2. The van der Waals surface area contributed by atoms with E-state index in [4.69, 9.17) is 5.84 Å². The third-order valence-electron chi connectivity index (χ3n) is 5.13. The van der Waals surface area contributed by atoms with E-state index in [2.05, 4.69) is 16.7 Å². The first kappa shape index (κ1) is 17.5. The molecule has 6 heteroatoms. The van der Waals surface area contributed by atoms with Gasteiger partial charge >= 0.3 is 5.97 Å². The lowest BCUT2D eigenvalue weighted by atomic mass is 9.89. The quantitative estimate of drug-likeness (QED) is 0.512.